The number of amides is 1. The van der Waals surface area contributed by atoms with Crippen molar-refractivity contribution < 1.29 is 4.79 Å². The van der Waals surface area contributed by atoms with Crippen molar-refractivity contribution in [3.05, 3.63) is 27.8 Å². The fourth-order valence-corrected chi connectivity index (χ4v) is 3.13. The lowest BCUT2D eigenvalue weighted by atomic mass is 9.93. The number of nitrogens with two attached hydrogens (primary N) is 1. The van der Waals surface area contributed by atoms with Crippen molar-refractivity contribution in [3.8, 4) is 0 Å². The number of anilines is 1. The van der Waals surface area contributed by atoms with Crippen molar-refractivity contribution in [2.75, 3.05) is 25.0 Å². The van der Waals surface area contributed by atoms with Crippen LogP contribution < -0.4 is 11.1 Å². The van der Waals surface area contributed by atoms with Gasteiger partial charge in [-0.2, -0.15) is 0 Å². The van der Waals surface area contributed by atoms with Gasteiger partial charge in [0.1, 0.15) is 0 Å². The van der Waals surface area contributed by atoms with Crippen molar-refractivity contribution in [3.63, 3.8) is 0 Å². The van der Waals surface area contributed by atoms with E-state index < -0.39 is 0 Å². The smallest absolute Gasteiger partial charge is 0.238 e. The van der Waals surface area contributed by atoms with Gasteiger partial charge in [0.05, 0.1) is 12.2 Å². The molecule has 0 spiro atoms. The molecule has 0 bridgehead atoms. The molecule has 0 saturated carbocycles. The lowest BCUT2D eigenvalue weighted by Gasteiger charge is -2.37. The highest BCUT2D eigenvalue weighted by molar-refractivity contribution is 14.1. The van der Waals surface area contributed by atoms with Crippen molar-refractivity contribution in [2.45, 2.75) is 25.8 Å². The van der Waals surface area contributed by atoms with E-state index in [-0.39, 0.29) is 5.91 Å². The van der Waals surface area contributed by atoms with E-state index in [0.717, 1.165) is 22.2 Å². The average Bonchev–Trinajstić information content (AvgIpc) is 2.44. The Labute approximate surface area is 134 Å². The fourth-order valence-electron chi connectivity index (χ4n) is 2.61. The number of carbonyl (C=O) groups excluding carboxylic acids is 1. The summed E-state index contributed by atoms with van der Waals surface area (Å²) in [5.41, 5.74) is 6.64. The molecule has 4 nitrogen and oxygen atoms in total. The molecule has 2 unspecified atom stereocenters. The van der Waals surface area contributed by atoms with E-state index in [0.29, 0.717) is 25.0 Å². The zero-order valence-electron chi connectivity index (χ0n) is 11.8. The Balaban J connectivity index is 1.92. The third kappa shape index (κ3) is 4.17. The van der Waals surface area contributed by atoms with Crippen LogP contribution in [0.3, 0.4) is 0 Å². The lowest BCUT2D eigenvalue weighted by Crippen LogP contribution is -2.47. The quantitative estimate of drug-likeness (QED) is 0.780. The van der Waals surface area contributed by atoms with Crippen molar-refractivity contribution in [1.29, 1.82) is 0 Å². The normalized spacial score (nSPS) is 23.6. The van der Waals surface area contributed by atoms with Crippen LogP contribution in [0.2, 0.25) is 0 Å². The molecule has 2 rings (SSSR count). The summed E-state index contributed by atoms with van der Waals surface area (Å²) in [6, 6.07) is 8.28. The molecule has 3 N–H and O–H groups in total. The molecule has 2 atom stereocenters. The maximum Gasteiger partial charge on any atom is 0.238 e. The van der Waals surface area contributed by atoms with Crippen LogP contribution in [0.5, 0.6) is 0 Å². The predicted octanol–water partition coefficient (Wildman–Crippen LogP) is 2.29. The molecule has 1 saturated heterocycles. The maximum atomic E-state index is 12.2. The molecular formula is C15H22IN3O. The number of piperidine rings is 1. The van der Waals surface area contributed by atoms with Gasteiger partial charge in [0.15, 0.2) is 0 Å². The van der Waals surface area contributed by atoms with Crippen LogP contribution in [0.15, 0.2) is 24.3 Å². The predicted molar refractivity (Wildman–Crippen MR) is 90.6 cm³/mol. The number of halogens is 1. The standard InChI is InChI=1S/C15H22IN3O/c1-11-6-7-12(8-17)9-19(11)10-15(20)18-14-5-3-2-4-13(14)16/h2-5,11-12H,6-10,17H2,1H3,(H,18,20). The summed E-state index contributed by atoms with van der Waals surface area (Å²) in [7, 11) is 0. The van der Waals surface area contributed by atoms with E-state index in [4.69, 9.17) is 5.73 Å². The molecule has 5 heteroatoms. The summed E-state index contributed by atoms with van der Waals surface area (Å²) in [5.74, 6) is 0.578. The molecule has 110 valence electrons. The van der Waals surface area contributed by atoms with Gasteiger partial charge in [-0.3, -0.25) is 9.69 Å². The van der Waals surface area contributed by atoms with E-state index in [1.807, 2.05) is 24.3 Å². The molecule has 1 amide bonds. The Kier molecular flexibility index (Phi) is 5.80. The van der Waals surface area contributed by atoms with Crippen molar-refractivity contribution in [2.24, 2.45) is 11.7 Å². The third-order valence-electron chi connectivity index (χ3n) is 3.94. The molecule has 1 aromatic rings. The average molecular weight is 387 g/mol. The molecule has 1 aromatic carbocycles. The van der Waals surface area contributed by atoms with Crippen LogP contribution in [-0.4, -0.2) is 36.5 Å². The highest BCUT2D eigenvalue weighted by atomic mass is 127. The van der Waals surface area contributed by atoms with Gasteiger partial charge in [-0.1, -0.05) is 12.1 Å². The molecule has 20 heavy (non-hydrogen) atoms. The van der Waals surface area contributed by atoms with Crippen LogP contribution in [0.25, 0.3) is 0 Å². The number of hydrogen-bond acceptors (Lipinski definition) is 3. The van der Waals surface area contributed by atoms with Gasteiger partial charge in [-0.05, 0) is 67.0 Å². The Bertz CT molecular complexity index is 466. The first kappa shape index (κ1) is 15.7. The van der Waals surface area contributed by atoms with Gasteiger partial charge < -0.3 is 11.1 Å². The van der Waals surface area contributed by atoms with E-state index in [9.17, 15) is 4.79 Å². The van der Waals surface area contributed by atoms with Gasteiger partial charge >= 0.3 is 0 Å². The molecule has 0 aliphatic carbocycles. The van der Waals surface area contributed by atoms with Gasteiger partial charge in [-0.25, -0.2) is 0 Å². The fraction of sp³-hybridized carbons (Fsp3) is 0.533. The zero-order valence-corrected chi connectivity index (χ0v) is 14.0. The van der Waals surface area contributed by atoms with Crippen LogP contribution in [-0.2, 0) is 4.79 Å². The SMILES string of the molecule is CC1CCC(CN)CN1CC(=O)Nc1ccccc1I. The van der Waals surface area contributed by atoms with Crippen molar-refractivity contribution in [1.82, 2.24) is 4.90 Å². The zero-order chi connectivity index (χ0) is 14.5. The molecule has 1 heterocycles. The first-order valence-electron chi connectivity index (χ1n) is 7.08. The van der Waals surface area contributed by atoms with E-state index in [1.165, 1.54) is 6.42 Å². The van der Waals surface area contributed by atoms with Crippen molar-refractivity contribution >= 4 is 34.2 Å². The Morgan fingerprint density at radius 1 is 1.45 bits per heavy atom. The summed E-state index contributed by atoms with van der Waals surface area (Å²) in [5, 5.41) is 2.99. The van der Waals surface area contributed by atoms with Crippen LogP contribution in [0.4, 0.5) is 5.69 Å². The Morgan fingerprint density at radius 3 is 2.90 bits per heavy atom. The molecule has 1 aliphatic heterocycles. The monoisotopic (exact) mass is 387 g/mol. The number of rotatable bonds is 4. The summed E-state index contributed by atoms with van der Waals surface area (Å²) < 4.78 is 1.06. The highest BCUT2D eigenvalue weighted by Gasteiger charge is 2.26. The van der Waals surface area contributed by atoms with E-state index in [1.54, 1.807) is 0 Å². The largest absolute Gasteiger partial charge is 0.330 e. The molecule has 0 aromatic heterocycles. The molecule has 0 radical (unpaired) electrons. The maximum absolute atomic E-state index is 12.2. The number of nitrogens with zero attached hydrogens (tertiary/aromatic N) is 1. The number of hydrogen-bond donors (Lipinski definition) is 2. The number of nitrogens with one attached hydrogen (secondary N) is 1. The second kappa shape index (κ2) is 7.38. The lowest BCUT2D eigenvalue weighted by molar-refractivity contribution is -0.118. The summed E-state index contributed by atoms with van der Waals surface area (Å²) in [6.45, 7) is 4.27. The Morgan fingerprint density at radius 2 is 2.20 bits per heavy atom. The first-order chi connectivity index (χ1) is 9.60. The molecule has 1 fully saturated rings. The summed E-state index contributed by atoms with van der Waals surface area (Å²) in [6.07, 6.45) is 2.30. The Hall–Kier alpha value is -0.660. The number of carbonyl (C=O) groups is 1. The molecule has 1 aliphatic rings. The second-order valence-electron chi connectivity index (χ2n) is 5.49. The minimum atomic E-state index is 0.0543. The highest BCUT2D eigenvalue weighted by Crippen LogP contribution is 2.21. The molecular weight excluding hydrogens is 365 g/mol. The number of likely N-dealkylation sites (tertiary alicyclic amines) is 1. The third-order valence-corrected chi connectivity index (χ3v) is 4.88. The van der Waals surface area contributed by atoms with E-state index >= 15 is 0 Å². The minimum Gasteiger partial charge on any atom is -0.330 e. The minimum absolute atomic E-state index is 0.0543. The van der Waals surface area contributed by atoms with Crippen LogP contribution in [0, 0.1) is 9.49 Å². The topological polar surface area (TPSA) is 58.4 Å². The van der Waals surface area contributed by atoms with Gasteiger partial charge in [-0.15, -0.1) is 0 Å². The van der Waals surface area contributed by atoms with Gasteiger partial charge in [0, 0.05) is 16.2 Å². The number of para-hydroxylation sites is 1. The summed E-state index contributed by atoms with van der Waals surface area (Å²) in [4.78, 5) is 14.4. The van der Waals surface area contributed by atoms with Crippen LogP contribution >= 0.6 is 22.6 Å². The van der Waals surface area contributed by atoms with E-state index in [2.05, 4.69) is 39.7 Å². The second-order valence-corrected chi connectivity index (χ2v) is 6.65. The van der Waals surface area contributed by atoms with Gasteiger partial charge in [0.25, 0.3) is 0 Å². The van der Waals surface area contributed by atoms with Crippen LogP contribution in [0.1, 0.15) is 19.8 Å². The van der Waals surface area contributed by atoms with Gasteiger partial charge in [0.2, 0.25) is 5.91 Å². The number of benzene rings is 1. The summed E-state index contributed by atoms with van der Waals surface area (Å²) >= 11 is 2.23. The first-order valence-corrected chi connectivity index (χ1v) is 8.16.